The highest BCUT2D eigenvalue weighted by atomic mass is 19.4. The highest BCUT2D eigenvalue weighted by molar-refractivity contribution is 5.90. The van der Waals surface area contributed by atoms with Gasteiger partial charge >= 0.3 is 30.2 Å². The van der Waals surface area contributed by atoms with Crippen molar-refractivity contribution in [1.29, 1.82) is 0 Å². The van der Waals surface area contributed by atoms with Gasteiger partial charge in [-0.15, -0.1) is 0 Å². The molecular formula is C22H21F8NO2. The predicted octanol–water partition coefficient (Wildman–Crippen LogP) is 6.81. The molecule has 0 saturated carbocycles. The Bertz CT molecular complexity index is 915. The number of aromatic nitrogens is 1. The number of aryl methyl sites for hydroxylation is 1. The van der Waals surface area contributed by atoms with Crippen molar-refractivity contribution in [3.05, 3.63) is 53.7 Å². The molecule has 0 radical (unpaired) electrons. The minimum Gasteiger partial charge on any atom is -0.455 e. The third kappa shape index (κ3) is 6.00. The van der Waals surface area contributed by atoms with Crippen LogP contribution in [0.2, 0.25) is 0 Å². The summed E-state index contributed by atoms with van der Waals surface area (Å²) < 4.78 is 107. The molecule has 1 heterocycles. The van der Waals surface area contributed by atoms with Crippen molar-refractivity contribution < 1.29 is 44.7 Å². The van der Waals surface area contributed by atoms with Gasteiger partial charge in [0.2, 0.25) is 0 Å². The van der Waals surface area contributed by atoms with E-state index in [0.717, 1.165) is 43.4 Å². The monoisotopic (exact) mass is 483 g/mol. The van der Waals surface area contributed by atoms with Crippen LogP contribution in [-0.2, 0) is 11.2 Å². The number of benzene rings is 1. The van der Waals surface area contributed by atoms with Crippen molar-refractivity contribution in [2.45, 2.75) is 56.8 Å². The zero-order valence-corrected chi connectivity index (χ0v) is 17.4. The van der Waals surface area contributed by atoms with Crippen LogP contribution in [0.15, 0.2) is 42.6 Å². The number of nitrogens with zero attached hydrogens (tertiary/aromatic N) is 1. The van der Waals surface area contributed by atoms with Crippen molar-refractivity contribution in [2.75, 3.05) is 6.61 Å². The van der Waals surface area contributed by atoms with Gasteiger partial charge in [-0.1, -0.05) is 38.0 Å². The summed E-state index contributed by atoms with van der Waals surface area (Å²) in [6.07, 6.45) is 0.739. The molecule has 11 heteroatoms. The summed E-state index contributed by atoms with van der Waals surface area (Å²) in [5, 5.41) is 0. The van der Waals surface area contributed by atoms with Crippen LogP contribution in [0.25, 0.3) is 11.3 Å². The summed E-state index contributed by atoms with van der Waals surface area (Å²) in [5.41, 5.74) is 1.81. The van der Waals surface area contributed by atoms with Crippen molar-refractivity contribution in [3.8, 4) is 11.3 Å². The number of hydrogen-bond donors (Lipinski definition) is 0. The molecule has 33 heavy (non-hydrogen) atoms. The molecule has 3 nitrogen and oxygen atoms in total. The molecule has 0 amide bonds. The average Bonchev–Trinajstić information content (AvgIpc) is 2.78. The molecule has 182 valence electrons. The lowest BCUT2D eigenvalue weighted by atomic mass is 10.1. The third-order valence-corrected chi connectivity index (χ3v) is 4.85. The predicted molar refractivity (Wildman–Crippen MR) is 104 cm³/mol. The molecule has 1 aromatic carbocycles. The Morgan fingerprint density at radius 2 is 1.61 bits per heavy atom. The minimum absolute atomic E-state index is 0.338. The summed E-state index contributed by atoms with van der Waals surface area (Å²) >= 11 is 0. The van der Waals surface area contributed by atoms with E-state index in [4.69, 9.17) is 0 Å². The lowest BCUT2D eigenvalue weighted by Gasteiger charge is -2.31. The van der Waals surface area contributed by atoms with E-state index in [-0.39, 0.29) is 5.56 Å². The first kappa shape index (κ1) is 26.5. The van der Waals surface area contributed by atoms with E-state index in [1.807, 2.05) is 6.07 Å². The van der Waals surface area contributed by atoms with Gasteiger partial charge in [-0.05, 0) is 36.6 Å². The molecule has 2 rings (SSSR count). The van der Waals surface area contributed by atoms with Gasteiger partial charge in [-0.2, -0.15) is 26.3 Å². The fraction of sp³-hybridized carbons (Fsp3) is 0.455. The molecule has 0 saturated heterocycles. The largest absolute Gasteiger partial charge is 0.455 e. The van der Waals surface area contributed by atoms with E-state index in [0.29, 0.717) is 11.3 Å². The number of pyridine rings is 1. The van der Waals surface area contributed by atoms with Gasteiger partial charge < -0.3 is 4.74 Å². The number of alkyl halides is 8. The van der Waals surface area contributed by atoms with Crippen LogP contribution in [0.5, 0.6) is 0 Å². The van der Waals surface area contributed by atoms with Crippen molar-refractivity contribution >= 4 is 5.97 Å². The second kappa shape index (κ2) is 10.5. The van der Waals surface area contributed by atoms with E-state index < -0.39 is 36.8 Å². The lowest BCUT2D eigenvalue weighted by molar-refractivity contribution is -0.343. The zero-order chi connectivity index (χ0) is 24.9. The molecule has 0 aliphatic heterocycles. The van der Waals surface area contributed by atoms with Gasteiger partial charge in [0.25, 0.3) is 0 Å². The van der Waals surface area contributed by atoms with Crippen LogP contribution < -0.4 is 0 Å². The fourth-order valence-electron chi connectivity index (χ4n) is 2.81. The van der Waals surface area contributed by atoms with Crippen molar-refractivity contribution in [1.82, 2.24) is 4.98 Å². The number of rotatable bonds is 11. The Hall–Kier alpha value is -2.72. The number of carbonyl (C=O) groups is 1. The summed E-state index contributed by atoms with van der Waals surface area (Å²) in [5.74, 6) is -20.0. The fourth-order valence-corrected chi connectivity index (χ4v) is 2.81. The van der Waals surface area contributed by atoms with Gasteiger partial charge in [-0.25, -0.2) is 13.6 Å². The smallest absolute Gasteiger partial charge is 0.381 e. The van der Waals surface area contributed by atoms with Gasteiger partial charge in [0, 0.05) is 11.8 Å². The van der Waals surface area contributed by atoms with Gasteiger partial charge in [-0.3, -0.25) is 4.98 Å². The van der Waals surface area contributed by atoms with Crippen LogP contribution in [0.4, 0.5) is 35.1 Å². The van der Waals surface area contributed by atoms with E-state index in [9.17, 15) is 39.9 Å². The highest BCUT2D eigenvalue weighted by Gasteiger charge is 2.75. The Labute approximate surface area is 184 Å². The summed E-state index contributed by atoms with van der Waals surface area (Å²) in [6, 6.07) is 8.70. The number of unbranched alkanes of at least 4 members (excludes halogenated alkanes) is 2. The molecule has 0 atom stereocenters. The number of halogens is 8. The van der Waals surface area contributed by atoms with E-state index in [1.165, 1.54) is 12.1 Å². The van der Waals surface area contributed by atoms with Crippen LogP contribution in [-0.4, -0.2) is 41.8 Å². The van der Waals surface area contributed by atoms with Crippen LogP contribution in [0, 0.1) is 0 Å². The molecule has 0 spiro atoms. The van der Waals surface area contributed by atoms with Crippen LogP contribution in [0.1, 0.15) is 42.1 Å². The summed E-state index contributed by atoms with van der Waals surface area (Å²) in [4.78, 5) is 16.2. The Kier molecular flexibility index (Phi) is 8.42. The van der Waals surface area contributed by atoms with Gasteiger partial charge in [0.1, 0.15) is 0 Å². The first-order valence-electron chi connectivity index (χ1n) is 9.97. The maximum Gasteiger partial charge on any atom is 0.381 e. The molecular weight excluding hydrogens is 462 g/mol. The molecule has 1 aromatic heterocycles. The normalized spacial score (nSPS) is 12.8. The van der Waals surface area contributed by atoms with E-state index in [2.05, 4.69) is 16.6 Å². The lowest BCUT2D eigenvalue weighted by Crippen LogP contribution is -2.59. The summed E-state index contributed by atoms with van der Waals surface area (Å²) in [6.45, 7) is -0.419. The number of hydrogen-bond acceptors (Lipinski definition) is 3. The molecule has 0 N–H and O–H groups in total. The molecule has 0 aliphatic carbocycles. The third-order valence-electron chi connectivity index (χ3n) is 4.85. The number of carbonyl (C=O) groups excluding carboxylic acids is 1. The van der Waals surface area contributed by atoms with Gasteiger partial charge in [0.15, 0.2) is 6.61 Å². The van der Waals surface area contributed by atoms with E-state index in [1.54, 1.807) is 12.3 Å². The SMILES string of the molecule is CCCCCc1ccc(-c2ccc(C(=O)OCC(F)(F)C(F)(F)C(F)(F)C(F)F)cc2)nc1. The minimum atomic E-state index is -6.44. The topological polar surface area (TPSA) is 39.2 Å². The van der Waals surface area contributed by atoms with Crippen LogP contribution >= 0.6 is 0 Å². The zero-order valence-electron chi connectivity index (χ0n) is 17.4. The first-order chi connectivity index (χ1) is 15.3. The maximum absolute atomic E-state index is 13.5. The number of esters is 1. The van der Waals surface area contributed by atoms with Crippen molar-refractivity contribution in [3.63, 3.8) is 0 Å². The number of ether oxygens (including phenoxy) is 1. The molecule has 0 unspecified atom stereocenters. The second-order valence-corrected chi connectivity index (χ2v) is 7.36. The van der Waals surface area contributed by atoms with Crippen molar-refractivity contribution in [2.24, 2.45) is 0 Å². The molecule has 2 aromatic rings. The Balaban J connectivity index is 2.03. The Morgan fingerprint density at radius 1 is 0.970 bits per heavy atom. The molecule has 0 fully saturated rings. The average molecular weight is 483 g/mol. The van der Waals surface area contributed by atoms with Crippen LogP contribution in [0.3, 0.4) is 0 Å². The van der Waals surface area contributed by atoms with E-state index >= 15 is 0 Å². The summed E-state index contributed by atoms with van der Waals surface area (Å²) in [7, 11) is 0. The standard InChI is InChI=1S/C22H21F8NO2/c1-2-3-4-5-14-6-11-17(31-12-14)15-7-9-16(10-8-15)18(32)33-13-20(25,26)22(29,30)21(27,28)19(23)24/h6-12,19H,2-5,13H2,1H3. The molecule has 0 aliphatic rings. The van der Waals surface area contributed by atoms with Gasteiger partial charge in [0.05, 0.1) is 11.3 Å². The molecule has 0 bridgehead atoms. The second-order valence-electron chi connectivity index (χ2n) is 7.36. The quantitative estimate of drug-likeness (QED) is 0.200. The maximum atomic E-state index is 13.5. The Morgan fingerprint density at radius 3 is 2.12 bits per heavy atom. The highest BCUT2D eigenvalue weighted by Crippen LogP contribution is 2.48. The first-order valence-corrected chi connectivity index (χ1v) is 9.97.